The van der Waals surface area contributed by atoms with E-state index in [1.807, 2.05) is 24.3 Å². The van der Waals surface area contributed by atoms with Crippen LogP contribution in [0.5, 0.6) is 0 Å². The highest BCUT2D eigenvalue weighted by molar-refractivity contribution is 5.91. The summed E-state index contributed by atoms with van der Waals surface area (Å²) in [6.45, 7) is 4.68. The number of esters is 1. The van der Waals surface area contributed by atoms with Gasteiger partial charge in [-0.3, -0.25) is 0 Å². The summed E-state index contributed by atoms with van der Waals surface area (Å²) < 4.78 is 10.7. The van der Waals surface area contributed by atoms with Gasteiger partial charge in [0, 0.05) is 7.11 Å². The Bertz CT molecular complexity index is 395. The van der Waals surface area contributed by atoms with Crippen molar-refractivity contribution in [3.63, 3.8) is 0 Å². The Morgan fingerprint density at radius 1 is 1.20 bits per heavy atom. The molecule has 1 rings (SSSR count). The van der Waals surface area contributed by atoms with E-state index in [-0.39, 0.29) is 12.1 Å². The molecule has 1 atom stereocenters. The Labute approximate surface area is 122 Å². The zero-order valence-electron chi connectivity index (χ0n) is 12.9. The summed E-state index contributed by atoms with van der Waals surface area (Å²) in [7, 11) is 1.63. The van der Waals surface area contributed by atoms with Crippen LogP contribution in [0.15, 0.2) is 24.3 Å². The molecule has 0 aromatic heterocycles. The van der Waals surface area contributed by atoms with Gasteiger partial charge in [0.05, 0.1) is 12.2 Å². The lowest BCUT2D eigenvalue weighted by molar-refractivity contribution is 0.00288. The zero-order valence-corrected chi connectivity index (χ0v) is 12.9. The summed E-state index contributed by atoms with van der Waals surface area (Å²) in [6, 6.07) is 7.72. The molecule has 1 aromatic carbocycles. The topological polar surface area (TPSA) is 35.5 Å². The van der Waals surface area contributed by atoms with E-state index in [2.05, 4.69) is 13.8 Å². The molecular formula is C17H26O3. The van der Waals surface area contributed by atoms with Crippen LogP contribution in [0.1, 0.15) is 55.5 Å². The number of hydrogen-bond acceptors (Lipinski definition) is 3. The second-order valence-electron chi connectivity index (χ2n) is 5.03. The Hall–Kier alpha value is -1.35. The lowest BCUT2D eigenvalue weighted by atomic mass is 10.0. The fourth-order valence-corrected chi connectivity index (χ4v) is 2.20. The van der Waals surface area contributed by atoms with Gasteiger partial charge in [-0.15, -0.1) is 0 Å². The number of methoxy groups -OCH3 is 1. The van der Waals surface area contributed by atoms with Crippen molar-refractivity contribution in [2.75, 3.05) is 13.7 Å². The summed E-state index contributed by atoms with van der Waals surface area (Å²) in [5.74, 6) is -0.229. The number of aryl methyl sites for hydroxylation is 1. The van der Waals surface area contributed by atoms with Crippen molar-refractivity contribution in [2.45, 2.75) is 52.1 Å². The molecular weight excluding hydrogens is 252 g/mol. The van der Waals surface area contributed by atoms with E-state index in [1.54, 1.807) is 7.11 Å². The molecule has 20 heavy (non-hydrogen) atoms. The fourth-order valence-electron chi connectivity index (χ4n) is 2.20. The Kier molecular flexibility index (Phi) is 7.97. The Morgan fingerprint density at radius 2 is 1.95 bits per heavy atom. The molecule has 0 fully saturated rings. The van der Waals surface area contributed by atoms with Gasteiger partial charge in [0.2, 0.25) is 0 Å². The average Bonchev–Trinajstić information content (AvgIpc) is 2.46. The van der Waals surface area contributed by atoms with E-state index in [9.17, 15) is 4.79 Å². The lowest BCUT2D eigenvalue weighted by Gasteiger charge is -2.17. The van der Waals surface area contributed by atoms with E-state index in [1.165, 1.54) is 0 Å². The van der Waals surface area contributed by atoms with Crippen LogP contribution >= 0.6 is 0 Å². The summed E-state index contributed by atoms with van der Waals surface area (Å²) >= 11 is 0. The molecule has 0 spiro atoms. The summed E-state index contributed by atoms with van der Waals surface area (Å²) in [5, 5.41) is 0. The van der Waals surface area contributed by atoms with Crippen LogP contribution in [0, 0.1) is 0 Å². The maximum Gasteiger partial charge on any atom is 0.338 e. The molecule has 0 aliphatic rings. The predicted octanol–water partition coefficient (Wildman–Crippen LogP) is 4.00. The summed E-state index contributed by atoms with van der Waals surface area (Å²) in [5.41, 5.74) is 1.77. The minimum Gasteiger partial charge on any atom is -0.456 e. The van der Waals surface area contributed by atoms with Gasteiger partial charge >= 0.3 is 5.97 Å². The first-order valence-corrected chi connectivity index (χ1v) is 7.50. The van der Waals surface area contributed by atoms with E-state index in [4.69, 9.17) is 9.47 Å². The fraction of sp³-hybridized carbons (Fsp3) is 0.588. The van der Waals surface area contributed by atoms with Gasteiger partial charge in [0.25, 0.3) is 0 Å². The molecule has 112 valence electrons. The SMILES string of the molecule is CCCCc1ccccc1C(=O)OC(CCC)COC. The molecule has 0 amide bonds. The average molecular weight is 278 g/mol. The van der Waals surface area contributed by atoms with Gasteiger partial charge in [-0.05, 0) is 30.9 Å². The molecule has 0 saturated carbocycles. The van der Waals surface area contributed by atoms with E-state index in [0.29, 0.717) is 12.2 Å². The van der Waals surface area contributed by atoms with Gasteiger partial charge in [0.1, 0.15) is 6.10 Å². The van der Waals surface area contributed by atoms with Gasteiger partial charge in [-0.2, -0.15) is 0 Å². The third-order valence-electron chi connectivity index (χ3n) is 3.27. The monoisotopic (exact) mass is 278 g/mol. The largest absolute Gasteiger partial charge is 0.456 e. The van der Waals surface area contributed by atoms with E-state index >= 15 is 0 Å². The van der Waals surface area contributed by atoms with Crippen molar-refractivity contribution in [2.24, 2.45) is 0 Å². The van der Waals surface area contributed by atoms with Crippen molar-refractivity contribution in [3.05, 3.63) is 35.4 Å². The van der Waals surface area contributed by atoms with Gasteiger partial charge in [-0.25, -0.2) is 4.79 Å². The van der Waals surface area contributed by atoms with Crippen LogP contribution in [0.25, 0.3) is 0 Å². The number of unbranched alkanes of at least 4 members (excludes halogenated alkanes) is 1. The maximum absolute atomic E-state index is 12.3. The van der Waals surface area contributed by atoms with Gasteiger partial charge in [0.15, 0.2) is 0 Å². The van der Waals surface area contributed by atoms with Crippen molar-refractivity contribution < 1.29 is 14.3 Å². The Balaban J connectivity index is 2.74. The molecule has 0 aliphatic carbocycles. The molecule has 0 N–H and O–H groups in total. The normalized spacial score (nSPS) is 12.2. The maximum atomic E-state index is 12.3. The molecule has 1 unspecified atom stereocenters. The van der Waals surface area contributed by atoms with Crippen LogP contribution in [-0.4, -0.2) is 25.8 Å². The van der Waals surface area contributed by atoms with Crippen molar-refractivity contribution >= 4 is 5.97 Å². The molecule has 3 heteroatoms. The van der Waals surface area contributed by atoms with Crippen LogP contribution in [-0.2, 0) is 15.9 Å². The third kappa shape index (κ3) is 5.33. The van der Waals surface area contributed by atoms with Crippen LogP contribution in [0.4, 0.5) is 0 Å². The summed E-state index contributed by atoms with van der Waals surface area (Å²) in [6.07, 6.45) is 4.77. The minimum atomic E-state index is -0.229. The zero-order chi connectivity index (χ0) is 14.8. The quantitative estimate of drug-likeness (QED) is 0.640. The number of hydrogen-bond donors (Lipinski definition) is 0. The van der Waals surface area contributed by atoms with Crippen LogP contribution < -0.4 is 0 Å². The van der Waals surface area contributed by atoms with Gasteiger partial charge in [-0.1, -0.05) is 44.9 Å². The summed E-state index contributed by atoms with van der Waals surface area (Å²) in [4.78, 5) is 12.3. The van der Waals surface area contributed by atoms with Crippen LogP contribution in [0.2, 0.25) is 0 Å². The highest BCUT2D eigenvalue weighted by Crippen LogP contribution is 2.15. The first-order valence-electron chi connectivity index (χ1n) is 7.50. The molecule has 0 aliphatic heterocycles. The molecule has 0 saturated heterocycles. The lowest BCUT2D eigenvalue weighted by Crippen LogP contribution is -2.23. The first-order chi connectivity index (χ1) is 9.72. The van der Waals surface area contributed by atoms with Crippen molar-refractivity contribution in [3.8, 4) is 0 Å². The number of carbonyl (C=O) groups excluding carboxylic acids is 1. The van der Waals surface area contributed by atoms with E-state index in [0.717, 1.165) is 37.7 Å². The molecule has 0 bridgehead atoms. The molecule has 0 heterocycles. The molecule has 0 radical (unpaired) electrons. The van der Waals surface area contributed by atoms with Crippen molar-refractivity contribution in [1.29, 1.82) is 0 Å². The smallest absolute Gasteiger partial charge is 0.338 e. The van der Waals surface area contributed by atoms with E-state index < -0.39 is 0 Å². The van der Waals surface area contributed by atoms with Crippen LogP contribution in [0.3, 0.4) is 0 Å². The highest BCUT2D eigenvalue weighted by atomic mass is 16.6. The third-order valence-corrected chi connectivity index (χ3v) is 3.27. The second kappa shape index (κ2) is 9.54. The Morgan fingerprint density at radius 3 is 2.60 bits per heavy atom. The van der Waals surface area contributed by atoms with Gasteiger partial charge < -0.3 is 9.47 Å². The molecule has 1 aromatic rings. The molecule has 3 nitrogen and oxygen atoms in total. The number of rotatable bonds is 9. The number of ether oxygens (including phenoxy) is 2. The van der Waals surface area contributed by atoms with Crippen molar-refractivity contribution in [1.82, 2.24) is 0 Å². The number of carbonyl (C=O) groups is 1. The minimum absolute atomic E-state index is 0.156. The number of benzene rings is 1. The highest BCUT2D eigenvalue weighted by Gasteiger charge is 2.17. The predicted molar refractivity (Wildman–Crippen MR) is 81.0 cm³/mol. The second-order valence-corrected chi connectivity index (χ2v) is 5.03. The first kappa shape index (κ1) is 16.7. The standard InChI is InChI=1S/C17H26O3/c1-4-6-10-14-11-7-8-12-16(14)17(18)20-15(9-5-2)13-19-3/h7-8,11-12,15H,4-6,9-10,13H2,1-3H3.